The maximum Gasteiger partial charge on any atom is 0.217 e. The van der Waals surface area contributed by atoms with Gasteiger partial charge in [-0.2, -0.15) is 0 Å². The first-order valence-corrected chi connectivity index (χ1v) is 9.72. The van der Waals surface area contributed by atoms with Crippen LogP contribution in [0, 0.1) is 0 Å². The van der Waals surface area contributed by atoms with Gasteiger partial charge in [-0.3, -0.25) is 4.79 Å². The van der Waals surface area contributed by atoms with E-state index in [1.54, 1.807) is 6.92 Å². The Balaban J connectivity index is 2.15. The molecule has 3 rings (SSSR count). The number of likely N-dealkylation sites (tertiary alicyclic amines) is 1. The first kappa shape index (κ1) is 18.0. The molecule has 1 amide bonds. The molecule has 2 atom stereocenters. The van der Waals surface area contributed by atoms with Gasteiger partial charge in [0.2, 0.25) is 5.91 Å². The lowest BCUT2D eigenvalue weighted by atomic mass is 9.70. The number of hydrogen-bond donors (Lipinski definition) is 1. The molecule has 24 heavy (non-hydrogen) atoms. The van der Waals surface area contributed by atoms with Crippen molar-refractivity contribution < 1.29 is 9.28 Å². The third-order valence-corrected chi connectivity index (χ3v) is 6.93. The molecule has 1 aliphatic heterocycles. The van der Waals surface area contributed by atoms with Gasteiger partial charge in [0.05, 0.1) is 36.2 Å². The first-order valence-electron chi connectivity index (χ1n) is 8.96. The average molecular weight is 370 g/mol. The Bertz CT molecular complexity index is 628. The van der Waals surface area contributed by atoms with E-state index in [9.17, 15) is 4.79 Å². The van der Waals surface area contributed by atoms with Crippen LogP contribution in [0.5, 0.6) is 0 Å². The Morgan fingerprint density at radius 3 is 2.50 bits per heavy atom. The largest absolute Gasteiger partial charge is 0.347 e. The monoisotopic (exact) mass is 369 g/mol. The van der Waals surface area contributed by atoms with Crippen molar-refractivity contribution in [2.45, 2.75) is 57.0 Å². The molecule has 1 N–H and O–H groups in total. The summed E-state index contributed by atoms with van der Waals surface area (Å²) in [5.41, 5.74) is 1.11. The SMILES string of the molecule is CC(=O)NC1CCCCC1(c1ccc(Cl)c(Cl)c1)[N+]1(C)CCCC1. The van der Waals surface area contributed by atoms with Gasteiger partial charge in [0, 0.05) is 31.7 Å². The number of nitrogens with one attached hydrogen (secondary N) is 1. The highest BCUT2D eigenvalue weighted by atomic mass is 35.5. The molecule has 132 valence electrons. The zero-order chi connectivity index (χ0) is 17.4. The van der Waals surface area contributed by atoms with Crippen LogP contribution in [0.4, 0.5) is 0 Å². The molecule has 3 nitrogen and oxygen atoms in total. The lowest BCUT2D eigenvalue weighted by Crippen LogP contribution is -2.68. The van der Waals surface area contributed by atoms with Crippen LogP contribution in [0.15, 0.2) is 18.2 Å². The standard InChI is InChI=1S/C19H26Cl2N2O/c1-14(24)22-18-7-3-4-10-19(18,23(2)11-5-6-12-23)15-8-9-16(20)17(21)13-15/h8-9,13,18H,3-7,10-12H2,1-2H3/p+1. The molecule has 0 radical (unpaired) electrons. The molecular formula is C19H27Cl2N2O+. The number of rotatable bonds is 3. The highest BCUT2D eigenvalue weighted by Gasteiger charge is 2.57. The third-order valence-electron chi connectivity index (χ3n) is 6.19. The van der Waals surface area contributed by atoms with Crippen LogP contribution in [0.2, 0.25) is 10.0 Å². The molecule has 0 bridgehead atoms. The molecule has 0 spiro atoms. The minimum Gasteiger partial charge on any atom is -0.347 e. The fraction of sp³-hybridized carbons (Fsp3) is 0.632. The normalized spacial score (nSPS) is 29.4. The van der Waals surface area contributed by atoms with Gasteiger partial charge in [0.1, 0.15) is 5.54 Å². The number of halogens is 2. The number of carbonyl (C=O) groups excluding carboxylic acids is 1. The van der Waals surface area contributed by atoms with Crippen molar-refractivity contribution in [2.75, 3.05) is 20.1 Å². The molecule has 0 aromatic heterocycles. The van der Waals surface area contributed by atoms with Crippen molar-refractivity contribution >= 4 is 29.1 Å². The van der Waals surface area contributed by atoms with Crippen molar-refractivity contribution in [3.05, 3.63) is 33.8 Å². The summed E-state index contributed by atoms with van der Waals surface area (Å²) in [6.45, 7) is 3.92. The van der Waals surface area contributed by atoms with Gasteiger partial charge in [-0.1, -0.05) is 35.7 Å². The molecule has 2 aliphatic rings. The average Bonchev–Trinajstić information content (AvgIpc) is 2.98. The lowest BCUT2D eigenvalue weighted by Gasteiger charge is -2.55. The van der Waals surface area contributed by atoms with Crippen molar-refractivity contribution in [1.82, 2.24) is 5.32 Å². The van der Waals surface area contributed by atoms with Crippen molar-refractivity contribution in [2.24, 2.45) is 0 Å². The number of likely N-dealkylation sites (N-methyl/N-ethyl adjacent to an activating group) is 1. The van der Waals surface area contributed by atoms with Crippen molar-refractivity contribution in [1.29, 1.82) is 0 Å². The lowest BCUT2D eigenvalue weighted by molar-refractivity contribution is -0.960. The molecule has 2 fully saturated rings. The van der Waals surface area contributed by atoms with Gasteiger partial charge in [0.15, 0.2) is 0 Å². The molecule has 1 aromatic rings. The summed E-state index contributed by atoms with van der Waals surface area (Å²) in [6.07, 6.45) is 6.93. The molecule has 1 heterocycles. The number of amides is 1. The molecule has 5 heteroatoms. The van der Waals surface area contributed by atoms with E-state index >= 15 is 0 Å². The van der Waals surface area contributed by atoms with E-state index in [1.807, 2.05) is 12.1 Å². The third kappa shape index (κ3) is 2.95. The van der Waals surface area contributed by atoms with Crippen LogP contribution >= 0.6 is 23.2 Å². The smallest absolute Gasteiger partial charge is 0.217 e. The summed E-state index contributed by atoms with van der Waals surface area (Å²) in [6, 6.07) is 6.20. The predicted octanol–water partition coefficient (Wildman–Crippen LogP) is 4.51. The molecule has 1 aromatic carbocycles. The predicted molar refractivity (Wildman–Crippen MR) is 99.4 cm³/mol. The Morgan fingerprint density at radius 2 is 1.88 bits per heavy atom. The van der Waals surface area contributed by atoms with E-state index in [-0.39, 0.29) is 17.5 Å². The molecule has 1 saturated carbocycles. The molecule has 1 saturated heterocycles. The second kappa shape index (κ2) is 6.86. The second-order valence-corrected chi connectivity index (χ2v) is 8.42. The van der Waals surface area contributed by atoms with E-state index in [4.69, 9.17) is 23.2 Å². The quantitative estimate of drug-likeness (QED) is 0.780. The van der Waals surface area contributed by atoms with Crippen LogP contribution in [0.1, 0.15) is 51.0 Å². The Labute approximate surface area is 154 Å². The zero-order valence-electron chi connectivity index (χ0n) is 14.6. The maximum absolute atomic E-state index is 11.9. The molecule has 1 aliphatic carbocycles. The molecule has 2 unspecified atom stereocenters. The highest BCUT2D eigenvalue weighted by Crippen LogP contribution is 2.49. The van der Waals surface area contributed by atoms with Gasteiger partial charge in [-0.05, 0) is 25.0 Å². The number of hydrogen-bond acceptors (Lipinski definition) is 1. The fourth-order valence-corrected chi connectivity index (χ4v) is 5.39. The number of carbonyl (C=O) groups is 1. The van der Waals surface area contributed by atoms with Crippen LogP contribution in [-0.4, -0.2) is 36.6 Å². The van der Waals surface area contributed by atoms with E-state index in [2.05, 4.69) is 18.4 Å². The Hall–Kier alpha value is -0.770. The Morgan fingerprint density at radius 1 is 1.17 bits per heavy atom. The number of quaternary nitrogens is 1. The van der Waals surface area contributed by atoms with Crippen molar-refractivity contribution in [3.63, 3.8) is 0 Å². The number of benzene rings is 1. The van der Waals surface area contributed by atoms with Gasteiger partial charge in [-0.15, -0.1) is 0 Å². The van der Waals surface area contributed by atoms with Gasteiger partial charge >= 0.3 is 0 Å². The van der Waals surface area contributed by atoms with Crippen LogP contribution < -0.4 is 5.32 Å². The summed E-state index contributed by atoms with van der Waals surface area (Å²) in [5, 5.41) is 4.47. The Kier molecular flexibility index (Phi) is 5.15. The highest BCUT2D eigenvalue weighted by molar-refractivity contribution is 6.42. The fourth-order valence-electron chi connectivity index (χ4n) is 5.09. The van der Waals surface area contributed by atoms with E-state index in [0.717, 1.165) is 36.8 Å². The summed E-state index contributed by atoms with van der Waals surface area (Å²) in [4.78, 5) is 11.9. The summed E-state index contributed by atoms with van der Waals surface area (Å²) >= 11 is 12.5. The summed E-state index contributed by atoms with van der Waals surface area (Å²) in [7, 11) is 2.36. The van der Waals surface area contributed by atoms with E-state index in [0.29, 0.717) is 10.0 Å². The maximum atomic E-state index is 11.9. The molecular weight excluding hydrogens is 343 g/mol. The second-order valence-electron chi connectivity index (χ2n) is 7.60. The zero-order valence-corrected chi connectivity index (χ0v) is 16.1. The van der Waals surface area contributed by atoms with E-state index < -0.39 is 0 Å². The van der Waals surface area contributed by atoms with Crippen molar-refractivity contribution in [3.8, 4) is 0 Å². The van der Waals surface area contributed by atoms with Gasteiger partial charge in [0.25, 0.3) is 0 Å². The van der Waals surface area contributed by atoms with Gasteiger partial charge < -0.3 is 9.80 Å². The topological polar surface area (TPSA) is 29.1 Å². The van der Waals surface area contributed by atoms with E-state index in [1.165, 1.54) is 24.8 Å². The van der Waals surface area contributed by atoms with Crippen LogP contribution in [-0.2, 0) is 10.3 Å². The minimum atomic E-state index is -0.116. The summed E-state index contributed by atoms with van der Waals surface area (Å²) in [5.74, 6) is 0.0529. The summed E-state index contributed by atoms with van der Waals surface area (Å²) < 4.78 is 0.982. The number of nitrogens with zero attached hydrogens (tertiary/aromatic N) is 1. The minimum absolute atomic E-state index is 0.0529. The van der Waals surface area contributed by atoms with Crippen LogP contribution in [0.3, 0.4) is 0 Å². The van der Waals surface area contributed by atoms with Gasteiger partial charge in [-0.25, -0.2) is 0 Å². The first-order chi connectivity index (χ1) is 11.4. The van der Waals surface area contributed by atoms with Crippen LogP contribution in [0.25, 0.3) is 0 Å².